The standard InChI is InChI=1S/C25H29NO4/c1-6-29-23-13-24-21(12-20(23)17(4)10-25(27)26-14-16(2)3)22(15-30-24)18-8-7-9-19(11-18)28-5/h7-13,15-16H,6,14H2,1-5H3,(H,26,27)/b17-10+. The Morgan fingerprint density at radius 2 is 2.03 bits per heavy atom. The minimum atomic E-state index is -0.107. The van der Waals surface area contributed by atoms with Crippen LogP contribution in [0, 0.1) is 5.92 Å². The van der Waals surface area contributed by atoms with Gasteiger partial charge in [0.05, 0.1) is 20.0 Å². The Balaban J connectivity index is 2.06. The van der Waals surface area contributed by atoms with Crippen LogP contribution in [-0.4, -0.2) is 26.2 Å². The second kappa shape index (κ2) is 9.53. The number of ether oxygens (including phenoxy) is 2. The normalized spacial score (nSPS) is 11.7. The Kier molecular flexibility index (Phi) is 6.83. The van der Waals surface area contributed by atoms with Gasteiger partial charge in [0.25, 0.3) is 0 Å². The SMILES string of the molecule is CCOc1cc2occ(-c3cccc(OC)c3)c2cc1/C(C)=C/C(=O)NCC(C)C. The highest BCUT2D eigenvalue weighted by molar-refractivity contribution is 6.00. The number of furan rings is 1. The highest BCUT2D eigenvalue weighted by Crippen LogP contribution is 2.38. The van der Waals surface area contributed by atoms with E-state index in [1.807, 2.05) is 50.2 Å². The van der Waals surface area contributed by atoms with Crippen molar-refractivity contribution in [1.82, 2.24) is 5.32 Å². The molecule has 0 bridgehead atoms. The van der Waals surface area contributed by atoms with Crippen LogP contribution in [-0.2, 0) is 4.79 Å². The van der Waals surface area contributed by atoms with Gasteiger partial charge in [-0.1, -0.05) is 26.0 Å². The number of fused-ring (bicyclic) bond motifs is 1. The van der Waals surface area contributed by atoms with Crippen LogP contribution in [0.2, 0.25) is 0 Å². The van der Waals surface area contributed by atoms with Crippen LogP contribution in [0.25, 0.3) is 27.7 Å². The van der Waals surface area contributed by atoms with Crippen molar-refractivity contribution in [3.63, 3.8) is 0 Å². The van der Waals surface area contributed by atoms with Gasteiger partial charge in [-0.3, -0.25) is 4.79 Å². The number of benzene rings is 2. The largest absolute Gasteiger partial charge is 0.497 e. The Morgan fingerprint density at radius 3 is 2.73 bits per heavy atom. The highest BCUT2D eigenvalue weighted by atomic mass is 16.5. The summed E-state index contributed by atoms with van der Waals surface area (Å²) < 4.78 is 17.0. The maximum Gasteiger partial charge on any atom is 0.244 e. The zero-order valence-corrected chi connectivity index (χ0v) is 18.2. The molecule has 5 heteroatoms. The van der Waals surface area contributed by atoms with E-state index in [9.17, 15) is 4.79 Å². The molecule has 30 heavy (non-hydrogen) atoms. The van der Waals surface area contributed by atoms with Crippen molar-refractivity contribution >= 4 is 22.4 Å². The van der Waals surface area contributed by atoms with Gasteiger partial charge in [0.1, 0.15) is 17.1 Å². The number of hydrogen-bond donors (Lipinski definition) is 1. The van der Waals surface area contributed by atoms with Gasteiger partial charge >= 0.3 is 0 Å². The molecule has 0 aliphatic rings. The number of carbonyl (C=O) groups excluding carboxylic acids is 1. The van der Waals surface area contributed by atoms with Crippen LogP contribution >= 0.6 is 0 Å². The van der Waals surface area contributed by atoms with Crippen molar-refractivity contribution in [2.75, 3.05) is 20.3 Å². The lowest BCUT2D eigenvalue weighted by molar-refractivity contribution is -0.116. The number of rotatable bonds is 8. The minimum Gasteiger partial charge on any atom is -0.497 e. The number of allylic oxidation sites excluding steroid dienone is 1. The molecule has 0 unspecified atom stereocenters. The first kappa shape index (κ1) is 21.5. The summed E-state index contributed by atoms with van der Waals surface area (Å²) in [4.78, 5) is 12.3. The molecule has 0 radical (unpaired) electrons. The predicted octanol–water partition coefficient (Wildman–Crippen LogP) is 5.68. The fourth-order valence-corrected chi connectivity index (χ4v) is 3.28. The van der Waals surface area contributed by atoms with E-state index in [1.54, 1.807) is 19.4 Å². The molecule has 5 nitrogen and oxygen atoms in total. The molecule has 3 rings (SSSR count). The van der Waals surface area contributed by atoms with Crippen LogP contribution in [0.1, 0.15) is 33.3 Å². The molecule has 0 saturated heterocycles. The Bertz CT molecular complexity index is 1060. The van der Waals surface area contributed by atoms with Crippen molar-refractivity contribution < 1.29 is 18.7 Å². The van der Waals surface area contributed by atoms with Gasteiger partial charge in [0, 0.05) is 35.2 Å². The number of hydrogen-bond acceptors (Lipinski definition) is 4. The van der Waals surface area contributed by atoms with E-state index in [0.29, 0.717) is 24.8 Å². The third-order valence-electron chi connectivity index (χ3n) is 4.81. The van der Waals surface area contributed by atoms with Gasteiger partial charge in [-0.15, -0.1) is 0 Å². The van der Waals surface area contributed by atoms with Crippen molar-refractivity contribution in [1.29, 1.82) is 0 Å². The van der Waals surface area contributed by atoms with Crippen molar-refractivity contribution in [2.45, 2.75) is 27.7 Å². The summed E-state index contributed by atoms with van der Waals surface area (Å²) in [7, 11) is 1.65. The fraction of sp³-hybridized carbons (Fsp3) is 0.320. The van der Waals surface area contributed by atoms with E-state index >= 15 is 0 Å². The Morgan fingerprint density at radius 1 is 1.23 bits per heavy atom. The molecule has 158 valence electrons. The van der Waals surface area contributed by atoms with Gasteiger partial charge in [0.15, 0.2) is 0 Å². The first-order valence-electron chi connectivity index (χ1n) is 10.2. The molecule has 0 saturated carbocycles. The van der Waals surface area contributed by atoms with E-state index in [0.717, 1.165) is 39.0 Å². The van der Waals surface area contributed by atoms with Crippen molar-refractivity contribution in [2.24, 2.45) is 5.92 Å². The van der Waals surface area contributed by atoms with E-state index in [-0.39, 0.29) is 5.91 Å². The lowest BCUT2D eigenvalue weighted by Crippen LogP contribution is -2.25. The number of nitrogens with one attached hydrogen (secondary N) is 1. The summed E-state index contributed by atoms with van der Waals surface area (Å²) in [5.41, 5.74) is 4.40. The maximum absolute atomic E-state index is 12.3. The highest BCUT2D eigenvalue weighted by Gasteiger charge is 2.15. The molecule has 2 aromatic carbocycles. The van der Waals surface area contributed by atoms with Crippen LogP contribution in [0.4, 0.5) is 0 Å². The van der Waals surface area contributed by atoms with Gasteiger partial charge < -0.3 is 19.2 Å². The number of methoxy groups -OCH3 is 1. The topological polar surface area (TPSA) is 60.7 Å². The number of amides is 1. The Hall–Kier alpha value is -3.21. The molecule has 1 heterocycles. The molecule has 1 amide bonds. The van der Waals surface area contributed by atoms with E-state index < -0.39 is 0 Å². The molecule has 0 fully saturated rings. The third kappa shape index (κ3) is 4.85. The number of carbonyl (C=O) groups is 1. The summed E-state index contributed by atoms with van der Waals surface area (Å²) >= 11 is 0. The van der Waals surface area contributed by atoms with Gasteiger partial charge in [0.2, 0.25) is 5.91 Å². The van der Waals surface area contributed by atoms with Gasteiger partial charge in [-0.2, -0.15) is 0 Å². The molecule has 0 atom stereocenters. The van der Waals surface area contributed by atoms with Crippen molar-refractivity contribution in [3.05, 3.63) is 54.3 Å². The molecular formula is C25H29NO4. The smallest absolute Gasteiger partial charge is 0.244 e. The quantitative estimate of drug-likeness (QED) is 0.488. The zero-order chi connectivity index (χ0) is 21.7. The molecule has 0 aliphatic heterocycles. The first-order chi connectivity index (χ1) is 14.4. The predicted molar refractivity (Wildman–Crippen MR) is 121 cm³/mol. The second-order valence-corrected chi connectivity index (χ2v) is 7.63. The summed E-state index contributed by atoms with van der Waals surface area (Å²) in [6.45, 7) is 9.15. The average molecular weight is 408 g/mol. The van der Waals surface area contributed by atoms with Crippen LogP contribution < -0.4 is 14.8 Å². The summed E-state index contributed by atoms with van der Waals surface area (Å²) in [5, 5.41) is 3.88. The molecule has 0 spiro atoms. The van der Waals surface area contributed by atoms with Crippen molar-refractivity contribution in [3.8, 4) is 22.6 Å². The van der Waals surface area contributed by atoms with E-state index in [1.165, 1.54) is 0 Å². The lowest BCUT2D eigenvalue weighted by Gasteiger charge is -2.12. The monoisotopic (exact) mass is 407 g/mol. The van der Waals surface area contributed by atoms with Crippen LogP contribution in [0.5, 0.6) is 11.5 Å². The molecule has 1 N–H and O–H groups in total. The molecule has 1 aromatic heterocycles. The zero-order valence-electron chi connectivity index (χ0n) is 18.2. The first-order valence-corrected chi connectivity index (χ1v) is 10.2. The Labute approximate surface area is 177 Å². The van der Waals surface area contributed by atoms with Gasteiger partial charge in [-0.05, 0) is 49.1 Å². The minimum absolute atomic E-state index is 0.107. The second-order valence-electron chi connectivity index (χ2n) is 7.63. The third-order valence-corrected chi connectivity index (χ3v) is 4.81. The van der Waals surface area contributed by atoms with Crippen LogP contribution in [0.3, 0.4) is 0 Å². The maximum atomic E-state index is 12.3. The molecular weight excluding hydrogens is 378 g/mol. The molecule has 3 aromatic rings. The fourth-order valence-electron chi connectivity index (χ4n) is 3.28. The van der Waals surface area contributed by atoms with E-state index in [4.69, 9.17) is 13.9 Å². The van der Waals surface area contributed by atoms with Crippen LogP contribution in [0.15, 0.2) is 53.2 Å². The lowest BCUT2D eigenvalue weighted by atomic mass is 9.99. The average Bonchev–Trinajstić information content (AvgIpc) is 3.14. The summed E-state index contributed by atoms with van der Waals surface area (Å²) in [6, 6.07) is 11.8. The van der Waals surface area contributed by atoms with Gasteiger partial charge in [-0.25, -0.2) is 0 Å². The summed E-state index contributed by atoms with van der Waals surface area (Å²) in [6.07, 6.45) is 3.37. The molecule has 0 aliphatic carbocycles. The van der Waals surface area contributed by atoms with E-state index in [2.05, 4.69) is 19.2 Å². The summed E-state index contributed by atoms with van der Waals surface area (Å²) in [5.74, 6) is 1.77.